The second-order valence-electron chi connectivity index (χ2n) is 9.87. The number of benzene rings is 2. The number of rotatable bonds is 9. The summed E-state index contributed by atoms with van der Waals surface area (Å²) in [5.41, 5.74) is 1.19. The quantitative estimate of drug-likeness (QED) is 0.427. The molecule has 178 valence electrons. The predicted molar refractivity (Wildman–Crippen MR) is 128 cm³/mol. The zero-order valence-corrected chi connectivity index (χ0v) is 19.1. The van der Waals surface area contributed by atoms with Gasteiger partial charge >= 0.3 is 5.97 Å². The molecule has 2 aliphatic carbocycles. The third kappa shape index (κ3) is 4.32. The van der Waals surface area contributed by atoms with E-state index in [1.165, 1.54) is 0 Å². The van der Waals surface area contributed by atoms with E-state index in [9.17, 15) is 19.5 Å². The van der Waals surface area contributed by atoms with Gasteiger partial charge in [-0.3, -0.25) is 19.7 Å². The highest BCUT2D eigenvalue weighted by Gasteiger charge is 2.57. The number of carboxylic acids is 1. The van der Waals surface area contributed by atoms with Crippen molar-refractivity contribution in [1.29, 1.82) is 0 Å². The van der Waals surface area contributed by atoms with Crippen LogP contribution in [-0.2, 0) is 20.9 Å². The van der Waals surface area contributed by atoms with E-state index >= 15 is 0 Å². The highest BCUT2D eigenvalue weighted by molar-refractivity contribution is 6.36. The molecule has 1 heterocycles. The van der Waals surface area contributed by atoms with Gasteiger partial charge < -0.3 is 15.7 Å². The van der Waals surface area contributed by atoms with Gasteiger partial charge in [0, 0.05) is 36.7 Å². The number of carboxylic acid groups (broad SMARTS) is 1. The Bertz CT molecular complexity index is 1080. The second-order valence-corrected chi connectivity index (χ2v) is 9.87. The average Bonchev–Trinajstić information content (AvgIpc) is 3.54. The molecule has 7 nitrogen and oxygen atoms in total. The minimum atomic E-state index is -1.53. The molecule has 2 fully saturated rings. The van der Waals surface area contributed by atoms with Gasteiger partial charge in [-0.15, -0.1) is 0 Å². The molecule has 1 amide bonds. The van der Waals surface area contributed by atoms with Crippen molar-refractivity contribution < 1.29 is 19.5 Å². The van der Waals surface area contributed by atoms with Crippen LogP contribution in [0.4, 0.5) is 5.69 Å². The van der Waals surface area contributed by atoms with E-state index in [-0.39, 0.29) is 31.0 Å². The summed E-state index contributed by atoms with van der Waals surface area (Å²) >= 11 is 0. The average molecular weight is 462 g/mol. The van der Waals surface area contributed by atoms with Gasteiger partial charge in [0.1, 0.15) is 5.54 Å². The lowest BCUT2D eigenvalue weighted by Crippen LogP contribution is -2.62. The number of carbonyl (C=O) groups excluding carboxylic acids is 2. The number of hydrogen-bond donors (Lipinski definition) is 4. The minimum absolute atomic E-state index is 0.0539. The number of carbonyl (C=O) groups is 3. The van der Waals surface area contributed by atoms with E-state index in [0.717, 1.165) is 48.9 Å². The van der Waals surface area contributed by atoms with Crippen LogP contribution in [0.25, 0.3) is 0 Å². The molecule has 0 bridgehead atoms. The lowest BCUT2D eigenvalue weighted by atomic mass is 9.65. The van der Waals surface area contributed by atoms with Crippen molar-refractivity contribution >= 4 is 23.3 Å². The molecule has 34 heavy (non-hydrogen) atoms. The first-order valence-corrected chi connectivity index (χ1v) is 12.2. The Kier molecular flexibility index (Phi) is 6.13. The van der Waals surface area contributed by atoms with Crippen molar-refractivity contribution in [1.82, 2.24) is 10.6 Å². The lowest BCUT2D eigenvalue weighted by molar-refractivity contribution is -0.151. The molecular formula is C27H31N3O4. The van der Waals surface area contributed by atoms with Crippen molar-refractivity contribution in [2.75, 3.05) is 5.32 Å². The van der Waals surface area contributed by atoms with Crippen LogP contribution in [0, 0.1) is 5.92 Å². The normalized spacial score (nSPS) is 24.8. The molecule has 0 radical (unpaired) electrons. The van der Waals surface area contributed by atoms with Gasteiger partial charge in [0.15, 0.2) is 0 Å². The van der Waals surface area contributed by atoms with Crippen LogP contribution in [0.15, 0.2) is 54.6 Å². The van der Waals surface area contributed by atoms with Gasteiger partial charge in [-0.1, -0.05) is 55.0 Å². The van der Waals surface area contributed by atoms with E-state index < -0.39 is 29.1 Å². The standard InChI is InChI=1S/C27H31N3O4/c31-23(25(32)28-16-17-7-2-1-3-8-17)15-27(26(33)34,30-18-13-14-18)24-19-9-4-5-11-21(19)29-22-12-6-10-20(22)24/h1-5,7-9,11,18,20,22,24,29-30H,6,10,12-16H2,(H,28,32)(H,33,34). The molecule has 5 rings (SSSR count). The number of Topliss-reactive ketones (excluding diaryl/α,β-unsaturated/α-hetero) is 1. The Labute approximate surface area is 199 Å². The van der Waals surface area contributed by atoms with Gasteiger partial charge in [0.2, 0.25) is 5.78 Å². The number of para-hydroxylation sites is 1. The van der Waals surface area contributed by atoms with Gasteiger partial charge in [0.25, 0.3) is 5.91 Å². The highest BCUT2D eigenvalue weighted by Crippen LogP contribution is 2.52. The molecule has 0 saturated heterocycles. The highest BCUT2D eigenvalue weighted by atomic mass is 16.4. The number of anilines is 1. The van der Waals surface area contributed by atoms with Crippen molar-refractivity contribution in [3.8, 4) is 0 Å². The summed E-state index contributed by atoms with van der Waals surface area (Å²) in [6, 6.07) is 17.4. The van der Waals surface area contributed by atoms with Crippen LogP contribution >= 0.6 is 0 Å². The van der Waals surface area contributed by atoms with Gasteiger partial charge in [0.05, 0.1) is 0 Å². The predicted octanol–water partition coefficient (Wildman–Crippen LogP) is 3.22. The summed E-state index contributed by atoms with van der Waals surface area (Å²) in [5, 5.41) is 20.3. The third-order valence-electron chi connectivity index (χ3n) is 7.57. The Balaban J connectivity index is 1.46. The number of aliphatic carboxylic acids is 1. The van der Waals surface area contributed by atoms with Crippen LogP contribution < -0.4 is 16.0 Å². The van der Waals surface area contributed by atoms with Gasteiger partial charge in [-0.05, 0) is 48.8 Å². The fourth-order valence-corrected chi connectivity index (χ4v) is 5.85. The molecule has 2 saturated carbocycles. The largest absolute Gasteiger partial charge is 0.480 e. The summed E-state index contributed by atoms with van der Waals surface area (Å²) in [4.78, 5) is 39.0. The van der Waals surface area contributed by atoms with E-state index in [1.54, 1.807) is 0 Å². The minimum Gasteiger partial charge on any atom is -0.480 e. The van der Waals surface area contributed by atoms with Crippen LogP contribution in [0.3, 0.4) is 0 Å². The maximum atomic E-state index is 13.2. The molecule has 0 spiro atoms. The second kappa shape index (κ2) is 9.22. The maximum Gasteiger partial charge on any atom is 0.325 e. The zero-order valence-electron chi connectivity index (χ0n) is 19.1. The van der Waals surface area contributed by atoms with E-state index in [2.05, 4.69) is 16.0 Å². The molecule has 4 N–H and O–H groups in total. The van der Waals surface area contributed by atoms with Crippen molar-refractivity contribution in [2.24, 2.45) is 5.92 Å². The zero-order chi connectivity index (χ0) is 23.7. The molecule has 7 heteroatoms. The Morgan fingerprint density at radius 2 is 1.71 bits per heavy atom. The fourth-order valence-electron chi connectivity index (χ4n) is 5.85. The monoisotopic (exact) mass is 461 g/mol. The molecule has 2 aromatic carbocycles. The fraction of sp³-hybridized carbons (Fsp3) is 0.444. The first kappa shape index (κ1) is 22.6. The Morgan fingerprint density at radius 3 is 2.44 bits per heavy atom. The molecule has 3 aliphatic rings. The van der Waals surface area contributed by atoms with Crippen LogP contribution in [0.2, 0.25) is 0 Å². The number of amides is 1. The number of fused-ring (bicyclic) bond motifs is 2. The maximum absolute atomic E-state index is 13.2. The van der Waals surface area contributed by atoms with Crippen LogP contribution in [0.1, 0.15) is 55.6 Å². The topological polar surface area (TPSA) is 108 Å². The van der Waals surface area contributed by atoms with E-state index in [0.29, 0.717) is 0 Å². The van der Waals surface area contributed by atoms with Gasteiger partial charge in [-0.25, -0.2) is 0 Å². The summed E-state index contributed by atoms with van der Waals surface area (Å²) in [6.07, 6.45) is 4.26. The molecule has 2 aromatic rings. The lowest BCUT2D eigenvalue weighted by Gasteiger charge is -2.46. The Hall–Kier alpha value is -3.19. The third-order valence-corrected chi connectivity index (χ3v) is 7.57. The molecule has 4 atom stereocenters. The van der Waals surface area contributed by atoms with Crippen molar-refractivity contribution in [3.05, 3.63) is 65.7 Å². The van der Waals surface area contributed by atoms with Crippen molar-refractivity contribution in [3.63, 3.8) is 0 Å². The number of nitrogens with one attached hydrogen (secondary N) is 3. The van der Waals surface area contributed by atoms with E-state index in [4.69, 9.17) is 0 Å². The number of hydrogen-bond acceptors (Lipinski definition) is 5. The number of ketones is 1. The van der Waals surface area contributed by atoms with E-state index in [1.807, 2.05) is 54.6 Å². The van der Waals surface area contributed by atoms with Gasteiger partial charge in [-0.2, -0.15) is 0 Å². The summed E-state index contributed by atoms with van der Waals surface area (Å²) in [5.74, 6) is -2.82. The smallest absolute Gasteiger partial charge is 0.325 e. The SMILES string of the molecule is O=C(CC(NC1CC1)(C(=O)O)C1c2ccccc2NC2CCCC21)C(=O)NCc1ccccc1. The van der Waals surface area contributed by atoms with Crippen LogP contribution in [-0.4, -0.2) is 40.4 Å². The van der Waals surface area contributed by atoms with Crippen LogP contribution in [0.5, 0.6) is 0 Å². The molecule has 0 aromatic heterocycles. The molecule has 4 unspecified atom stereocenters. The van der Waals surface area contributed by atoms with Crippen molar-refractivity contribution in [2.45, 2.75) is 68.6 Å². The molecular weight excluding hydrogens is 430 g/mol. The first-order valence-electron chi connectivity index (χ1n) is 12.2. The summed E-state index contributed by atoms with van der Waals surface area (Å²) in [7, 11) is 0. The first-order chi connectivity index (χ1) is 16.5. The summed E-state index contributed by atoms with van der Waals surface area (Å²) in [6.45, 7) is 0.225. The summed E-state index contributed by atoms with van der Waals surface area (Å²) < 4.78 is 0. The molecule has 1 aliphatic heterocycles. The Morgan fingerprint density at radius 1 is 0.971 bits per heavy atom.